The number of esters is 1. The molecule has 5 heteroatoms. The molecule has 2 aliphatic heterocycles. The van der Waals surface area contributed by atoms with Crippen LogP contribution < -0.4 is 21.1 Å². The second-order valence-electron chi connectivity index (χ2n) is 10.7. The van der Waals surface area contributed by atoms with Gasteiger partial charge in [-0.05, 0) is 122 Å². The molecule has 0 atom stereocenters. The Morgan fingerprint density at radius 2 is 1.88 bits per heavy atom. The van der Waals surface area contributed by atoms with Crippen LogP contribution in [0.25, 0.3) is 23.9 Å². The van der Waals surface area contributed by atoms with E-state index in [0.29, 0.717) is 5.57 Å². The molecule has 0 spiro atoms. The molecule has 5 nitrogen and oxygen atoms in total. The van der Waals surface area contributed by atoms with Gasteiger partial charge in [-0.1, -0.05) is 67.8 Å². The van der Waals surface area contributed by atoms with Gasteiger partial charge in [0.15, 0.2) is 0 Å². The number of aryl methyl sites for hydroxylation is 1. The average Bonchev–Trinajstić information content (AvgIpc) is 2.99. The van der Waals surface area contributed by atoms with Crippen molar-refractivity contribution >= 4 is 29.9 Å². The molecule has 1 aromatic carbocycles. The lowest BCUT2D eigenvalue weighted by atomic mass is 9.95. The van der Waals surface area contributed by atoms with Gasteiger partial charge in [-0.15, -0.1) is 0 Å². The quantitative estimate of drug-likeness (QED) is 0.231. The number of hydrogen-bond donors (Lipinski definition) is 2. The van der Waals surface area contributed by atoms with E-state index < -0.39 is 0 Å². The Morgan fingerprint density at radius 3 is 2.60 bits per heavy atom. The van der Waals surface area contributed by atoms with E-state index in [4.69, 9.17) is 9.72 Å². The molecule has 0 aliphatic carbocycles. The first-order chi connectivity index (χ1) is 20.2. The van der Waals surface area contributed by atoms with E-state index in [-0.39, 0.29) is 12.1 Å². The first-order valence-electron chi connectivity index (χ1n) is 14.5. The summed E-state index contributed by atoms with van der Waals surface area (Å²) in [5.74, 6) is -0.381. The number of allylic oxidation sites excluding steroid dienone is 8. The fraction of sp³-hybridized carbons (Fsp3) is 0.243. The van der Waals surface area contributed by atoms with Crippen LogP contribution in [0.4, 0.5) is 0 Å². The molecular formula is C37H41N3O2. The van der Waals surface area contributed by atoms with Crippen molar-refractivity contribution in [1.82, 2.24) is 15.6 Å². The number of dihydropyridines is 1. The highest BCUT2D eigenvalue weighted by atomic mass is 16.5. The first-order valence-corrected chi connectivity index (χ1v) is 14.5. The number of carbonyl (C=O) groups excluding carboxylic acids is 1. The zero-order chi connectivity index (χ0) is 30.1. The van der Waals surface area contributed by atoms with Gasteiger partial charge in [-0.3, -0.25) is 4.98 Å². The van der Waals surface area contributed by atoms with E-state index >= 15 is 0 Å². The fourth-order valence-electron chi connectivity index (χ4n) is 4.99. The molecule has 2 N–H and O–H groups in total. The highest BCUT2D eigenvalue weighted by Crippen LogP contribution is 2.28. The maximum Gasteiger partial charge on any atom is 0.337 e. The number of aromatic nitrogens is 1. The van der Waals surface area contributed by atoms with E-state index in [9.17, 15) is 4.79 Å². The summed E-state index contributed by atoms with van der Waals surface area (Å²) in [4.78, 5) is 17.4. The van der Waals surface area contributed by atoms with E-state index in [2.05, 4.69) is 60.7 Å². The van der Waals surface area contributed by atoms with Crippen LogP contribution >= 0.6 is 0 Å². The maximum atomic E-state index is 12.7. The number of ether oxygens (including phenoxy) is 1. The third-order valence-electron chi connectivity index (χ3n) is 7.25. The van der Waals surface area contributed by atoms with Crippen LogP contribution in [0.1, 0.15) is 50.1 Å². The lowest BCUT2D eigenvalue weighted by Crippen LogP contribution is -2.33. The Kier molecular flexibility index (Phi) is 10.5. The molecule has 42 heavy (non-hydrogen) atoms. The van der Waals surface area contributed by atoms with Gasteiger partial charge in [-0.2, -0.15) is 0 Å². The van der Waals surface area contributed by atoms with Gasteiger partial charge in [0.2, 0.25) is 0 Å². The zero-order valence-corrected chi connectivity index (χ0v) is 25.0. The molecule has 0 unspecified atom stereocenters. The predicted octanol–water partition coefficient (Wildman–Crippen LogP) is 5.81. The number of hydrogen-bond acceptors (Lipinski definition) is 5. The maximum absolute atomic E-state index is 12.7. The van der Waals surface area contributed by atoms with Crippen LogP contribution in [0.2, 0.25) is 0 Å². The summed E-state index contributed by atoms with van der Waals surface area (Å²) in [5.41, 5.74) is 8.29. The van der Waals surface area contributed by atoms with Crippen molar-refractivity contribution in [3.8, 4) is 0 Å². The molecule has 0 saturated carbocycles. The van der Waals surface area contributed by atoms with E-state index in [1.54, 1.807) is 6.08 Å². The number of rotatable bonds is 9. The normalized spacial score (nSPS) is 17.0. The van der Waals surface area contributed by atoms with Gasteiger partial charge in [0.1, 0.15) is 6.10 Å². The highest BCUT2D eigenvalue weighted by Gasteiger charge is 2.18. The smallest absolute Gasteiger partial charge is 0.337 e. The van der Waals surface area contributed by atoms with Gasteiger partial charge in [0.05, 0.1) is 17.0 Å². The minimum Gasteiger partial charge on any atom is -0.459 e. The Hall–Kier alpha value is -4.48. The van der Waals surface area contributed by atoms with Crippen LogP contribution in [-0.4, -0.2) is 30.1 Å². The summed E-state index contributed by atoms with van der Waals surface area (Å²) < 4.78 is 5.67. The number of nitrogens with zero attached hydrogens (tertiary/aromatic N) is 1. The Labute approximate surface area is 249 Å². The van der Waals surface area contributed by atoms with E-state index in [0.717, 1.165) is 82.2 Å². The lowest BCUT2D eigenvalue weighted by molar-refractivity contribution is -0.144. The largest absolute Gasteiger partial charge is 0.459 e. The Morgan fingerprint density at radius 1 is 1.10 bits per heavy atom. The summed E-state index contributed by atoms with van der Waals surface area (Å²) in [7, 11) is 0. The number of benzene rings is 1. The van der Waals surface area contributed by atoms with Crippen molar-refractivity contribution < 1.29 is 9.53 Å². The summed E-state index contributed by atoms with van der Waals surface area (Å²) in [6.07, 6.45) is 16.3. The molecule has 1 fully saturated rings. The average molecular weight is 560 g/mol. The number of piperidine rings is 1. The monoisotopic (exact) mass is 559 g/mol. The summed E-state index contributed by atoms with van der Waals surface area (Å²) >= 11 is 0. The van der Waals surface area contributed by atoms with Gasteiger partial charge < -0.3 is 15.4 Å². The third-order valence-corrected chi connectivity index (χ3v) is 7.25. The minimum atomic E-state index is -0.381. The molecular weight excluding hydrogens is 518 g/mol. The number of carbonyl (C=O) groups is 1. The lowest BCUT2D eigenvalue weighted by Gasteiger charge is -2.22. The van der Waals surface area contributed by atoms with Gasteiger partial charge in [0, 0.05) is 5.69 Å². The molecule has 1 saturated heterocycles. The van der Waals surface area contributed by atoms with Crippen molar-refractivity contribution in [3.05, 3.63) is 136 Å². The molecule has 2 aliphatic rings. The first kappa shape index (κ1) is 30.5. The summed E-state index contributed by atoms with van der Waals surface area (Å²) in [6.45, 7) is 20.0. The molecule has 216 valence electrons. The molecule has 0 radical (unpaired) electrons. The van der Waals surface area contributed by atoms with Crippen molar-refractivity contribution in [3.63, 3.8) is 0 Å². The second kappa shape index (κ2) is 14.4. The SMILES string of the molecule is C=C(C)/C=C(\C=C/C(=C)C(=O)OC1CCNCC1)C(/C=c1/cc(C2=C(c3cccc(C)n3)NC=CC2)ccc1=C)=C/C. The van der Waals surface area contributed by atoms with Crippen molar-refractivity contribution in [2.24, 2.45) is 0 Å². The van der Waals surface area contributed by atoms with E-state index in [1.807, 2.05) is 63.4 Å². The highest BCUT2D eigenvalue weighted by molar-refractivity contribution is 5.92. The predicted molar refractivity (Wildman–Crippen MR) is 175 cm³/mol. The molecule has 0 amide bonds. The standard InChI is InChI=1S/C37H41N3O2/c1-7-29(30(22-25(2)3)15-14-27(5)37(41)42-33-17-20-38-21-18-33)23-32-24-31(16-13-26(32)4)34-11-9-19-39-36(34)35-12-8-10-28(6)40-35/h7-10,12-16,19,22-24,33,38-39H,2,4-5,11,17-18,20-21H2,1,3,6H3/b15-14-,29-7+,30-22+,32-23-. The minimum absolute atomic E-state index is 0.0660. The van der Waals surface area contributed by atoms with Crippen LogP contribution in [0.15, 0.2) is 108 Å². The van der Waals surface area contributed by atoms with Crippen molar-refractivity contribution in [2.75, 3.05) is 13.1 Å². The number of pyridine rings is 1. The molecule has 3 heterocycles. The summed E-state index contributed by atoms with van der Waals surface area (Å²) in [6, 6.07) is 12.4. The fourth-order valence-corrected chi connectivity index (χ4v) is 4.99. The molecule has 4 rings (SSSR count). The van der Waals surface area contributed by atoms with Crippen LogP contribution in [0.5, 0.6) is 0 Å². The Bertz CT molecular complexity index is 1630. The molecule has 1 aromatic heterocycles. The summed E-state index contributed by atoms with van der Waals surface area (Å²) in [5, 5.41) is 8.63. The van der Waals surface area contributed by atoms with Gasteiger partial charge in [0.25, 0.3) is 0 Å². The van der Waals surface area contributed by atoms with Crippen LogP contribution in [0.3, 0.4) is 0 Å². The van der Waals surface area contributed by atoms with Gasteiger partial charge >= 0.3 is 5.97 Å². The molecule has 0 bridgehead atoms. The number of nitrogens with one attached hydrogen (secondary N) is 2. The van der Waals surface area contributed by atoms with Crippen LogP contribution in [-0.2, 0) is 9.53 Å². The van der Waals surface area contributed by atoms with Crippen LogP contribution in [0, 0.1) is 6.92 Å². The van der Waals surface area contributed by atoms with E-state index in [1.165, 1.54) is 5.57 Å². The second-order valence-corrected chi connectivity index (χ2v) is 10.7. The third kappa shape index (κ3) is 8.05. The Balaban J connectivity index is 1.66. The van der Waals surface area contributed by atoms with Gasteiger partial charge in [-0.25, -0.2) is 4.79 Å². The topological polar surface area (TPSA) is 63.2 Å². The van der Waals surface area contributed by atoms with Crippen molar-refractivity contribution in [1.29, 1.82) is 0 Å². The van der Waals surface area contributed by atoms with Crippen molar-refractivity contribution in [2.45, 2.75) is 46.1 Å². The molecule has 2 aromatic rings. The zero-order valence-electron chi connectivity index (χ0n) is 25.0.